The Morgan fingerprint density at radius 3 is 3.00 bits per heavy atom. The van der Waals surface area contributed by atoms with Gasteiger partial charge in [0.1, 0.15) is 5.52 Å². The molecule has 0 unspecified atom stereocenters. The van der Waals surface area contributed by atoms with E-state index in [2.05, 4.69) is 4.98 Å². The molecule has 0 spiro atoms. The number of ether oxygens (including phenoxy) is 2. The lowest BCUT2D eigenvalue weighted by Crippen LogP contribution is -2.04. The average Bonchev–Trinajstić information content (AvgIpc) is 2.38. The monoisotopic (exact) mass is 250 g/mol. The van der Waals surface area contributed by atoms with Crippen molar-refractivity contribution in [2.75, 3.05) is 26.1 Å². The Balaban J connectivity index is 2.31. The normalized spacial score (nSPS) is 10.8. The van der Waals surface area contributed by atoms with Crippen molar-refractivity contribution in [2.24, 2.45) is 0 Å². The van der Waals surface area contributed by atoms with Crippen LogP contribution in [-0.2, 0) is 4.74 Å². The Kier molecular flexibility index (Phi) is 3.94. The summed E-state index contributed by atoms with van der Waals surface area (Å²) >= 11 is 0. The number of anilines is 1. The third-order valence-corrected chi connectivity index (χ3v) is 2.57. The smallest absolute Gasteiger partial charge is 0.181 e. The van der Waals surface area contributed by atoms with Crippen LogP contribution in [0.1, 0.15) is 6.42 Å². The lowest BCUT2D eigenvalue weighted by atomic mass is 10.1. The van der Waals surface area contributed by atoms with Gasteiger partial charge in [-0.15, -0.1) is 0 Å². The van der Waals surface area contributed by atoms with Gasteiger partial charge in [0.15, 0.2) is 11.6 Å². The van der Waals surface area contributed by atoms with Gasteiger partial charge in [-0.25, -0.2) is 4.39 Å². The fraction of sp³-hybridized carbons (Fsp3) is 0.308. The number of nitrogens with two attached hydrogens (primary N) is 1. The van der Waals surface area contributed by atoms with Gasteiger partial charge in [-0.3, -0.25) is 4.98 Å². The van der Waals surface area contributed by atoms with Crippen LogP contribution in [0.5, 0.6) is 5.75 Å². The van der Waals surface area contributed by atoms with Crippen LogP contribution in [0, 0.1) is 5.82 Å². The predicted octanol–water partition coefficient (Wildman–Crippen LogP) is 2.37. The molecule has 0 fully saturated rings. The quantitative estimate of drug-likeness (QED) is 0.653. The van der Waals surface area contributed by atoms with Crippen molar-refractivity contribution in [3.63, 3.8) is 0 Å². The zero-order chi connectivity index (χ0) is 13.0. The predicted molar refractivity (Wildman–Crippen MR) is 68.1 cm³/mol. The molecular weight excluding hydrogens is 235 g/mol. The molecule has 0 aliphatic carbocycles. The molecule has 18 heavy (non-hydrogen) atoms. The van der Waals surface area contributed by atoms with Gasteiger partial charge in [-0.1, -0.05) is 0 Å². The number of nitrogens with zero attached hydrogens (tertiary/aromatic N) is 1. The van der Waals surface area contributed by atoms with E-state index in [4.69, 9.17) is 15.2 Å². The van der Waals surface area contributed by atoms with E-state index in [1.807, 2.05) is 0 Å². The molecule has 1 aromatic carbocycles. The van der Waals surface area contributed by atoms with E-state index in [0.29, 0.717) is 36.2 Å². The van der Waals surface area contributed by atoms with Crippen LogP contribution in [0.4, 0.5) is 10.1 Å². The van der Waals surface area contributed by atoms with Crippen molar-refractivity contribution in [3.8, 4) is 5.75 Å². The molecule has 4 nitrogen and oxygen atoms in total. The highest BCUT2D eigenvalue weighted by Crippen LogP contribution is 2.31. The minimum Gasteiger partial charge on any atom is -0.488 e. The lowest BCUT2D eigenvalue weighted by Gasteiger charge is -2.11. The summed E-state index contributed by atoms with van der Waals surface area (Å²) in [6.45, 7) is 0.947. The molecule has 0 saturated heterocycles. The number of halogens is 1. The molecule has 0 saturated carbocycles. The van der Waals surface area contributed by atoms with Gasteiger partial charge in [0.25, 0.3) is 0 Å². The van der Waals surface area contributed by atoms with E-state index in [1.54, 1.807) is 25.4 Å². The molecule has 1 aromatic heterocycles. The number of hydrogen-bond donors (Lipinski definition) is 1. The summed E-state index contributed by atoms with van der Waals surface area (Å²) in [4.78, 5) is 4.13. The topological polar surface area (TPSA) is 57.4 Å². The van der Waals surface area contributed by atoms with Gasteiger partial charge in [-0.2, -0.15) is 0 Å². The number of methoxy groups -OCH3 is 1. The molecule has 2 rings (SSSR count). The fourth-order valence-electron chi connectivity index (χ4n) is 1.73. The molecule has 0 amide bonds. The van der Waals surface area contributed by atoms with Crippen LogP contribution in [0.2, 0.25) is 0 Å². The molecule has 2 aromatic rings. The van der Waals surface area contributed by atoms with E-state index in [-0.39, 0.29) is 5.75 Å². The molecule has 0 aliphatic heterocycles. The van der Waals surface area contributed by atoms with E-state index < -0.39 is 5.82 Å². The van der Waals surface area contributed by atoms with Crippen LogP contribution in [0.25, 0.3) is 10.9 Å². The molecule has 0 radical (unpaired) electrons. The zero-order valence-corrected chi connectivity index (χ0v) is 10.1. The second-order valence-corrected chi connectivity index (χ2v) is 3.87. The first-order chi connectivity index (χ1) is 8.74. The summed E-state index contributed by atoms with van der Waals surface area (Å²) < 4.78 is 24.2. The minimum atomic E-state index is -0.490. The van der Waals surface area contributed by atoms with Crippen LogP contribution >= 0.6 is 0 Å². The molecule has 0 bridgehead atoms. The highest BCUT2D eigenvalue weighted by molar-refractivity contribution is 5.94. The van der Waals surface area contributed by atoms with Crippen LogP contribution in [-0.4, -0.2) is 25.3 Å². The second kappa shape index (κ2) is 5.64. The molecule has 2 N–H and O–H groups in total. The molecule has 96 valence electrons. The first-order valence-corrected chi connectivity index (χ1v) is 5.68. The third kappa shape index (κ3) is 2.51. The van der Waals surface area contributed by atoms with Crippen LogP contribution in [0.15, 0.2) is 24.4 Å². The first-order valence-electron chi connectivity index (χ1n) is 5.68. The number of pyridine rings is 1. The van der Waals surface area contributed by atoms with E-state index in [1.165, 1.54) is 6.07 Å². The number of hydrogen-bond acceptors (Lipinski definition) is 4. The molecular formula is C13H15FN2O2. The van der Waals surface area contributed by atoms with E-state index in [0.717, 1.165) is 0 Å². The van der Waals surface area contributed by atoms with Crippen LogP contribution in [0.3, 0.4) is 0 Å². The maximum atomic E-state index is 13.8. The fourth-order valence-corrected chi connectivity index (χ4v) is 1.73. The van der Waals surface area contributed by atoms with Crippen molar-refractivity contribution in [2.45, 2.75) is 6.42 Å². The highest BCUT2D eigenvalue weighted by Gasteiger charge is 2.12. The Morgan fingerprint density at radius 2 is 2.22 bits per heavy atom. The SMILES string of the molecule is COCCCOc1c(F)cc(N)c2cccnc12. The van der Waals surface area contributed by atoms with Gasteiger partial charge in [0.05, 0.1) is 6.61 Å². The molecule has 0 atom stereocenters. The highest BCUT2D eigenvalue weighted by atomic mass is 19.1. The number of nitrogen functional groups attached to an aromatic ring is 1. The molecule has 5 heteroatoms. The number of benzene rings is 1. The van der Waals surface area contributed by atoms with Crippen molar-refractivity contribution >= 4 is 16.6 Å². The first kappa shape index (κ1) is 12.6. The van der Waals surface area contributed by atoms with Crippen molar-refractivity contribution < 1.29 is 13.9 Å². The molecule has 0 aliphatic rings. The second-order valence-electron chi connectivity index (χ2n) is 3.87. The third-order valence-electron chi connectivity index (χ3n) is 2.57. The Labute approximate surface area is 105 Å². The van der Waals surface area contributed by atoms with Crippen molar-refractivity contribution in [1.82, 2.24) is 4.98 Å². The van der Waals surface area contributed by atoms with Crippen molar-refractivity contribution in [1.29, 1.82) is 0 Å². The number of fused-ring (bicyclic) bond motifs is 1. The van der Waals surface area contributed by atoms with E-state index >= 15 is 0 Å². The number of aromatic nitrogens is 1. The van der Waals surface area contributed by atoms with Gasteiger partial charge in [-0.05, 0) is 12.1 Å². The zero-order valence-electron chi connectivity index (χ0n) is 10.1. The Bertz CT molecular complexity index is 546. The summed E-state index contributed by atoms with van der Waals surface area (Å²) in [6.07, 6.45) is 2.28. The summed E-state index contributed by atoms with van der Waals surface area (Å²) in [5.41, 5.74) is 6.56. The summed E-state index contributed by atoms with van der Waals surface area (Å²) in [7, 11) is 1.61. The summed E-state index contributed by atoms with van der Waals surface area (Å²) in [5.74, 6) is -0.341. The number of rotatable bonds is 5. The Hall–Kier alpha value is -1.88. The van der Waals surface area contributed by atoms with Gasteiger partial charge >= 0.3 is 0 Å². The lowest BCUT2D eigenvalue weighted by molar-refractivity contribution is 0.171. The summed E-state index contributed by atoms with van der Waals surface area (Å²) in [5, 5.41) is 0.695. The maximum Gasteiger partial charge on any atom is 0.181 e. The maximum absolute atomic E-state index is 13.8. The standard InChI is InChI=1S/C13H15FN2O2/c1-17-6-3-7-18-13-10(14)8-11(15)9-4-2-5-16-12(9)13/h2,4-5,8H,3,6-7,15H2,1H3. The van der Waals surface area contributed by atoms with Crippen molar-refractivity contribution in [3.05, 3.63) is 30.2 Å². The van der Waals surface area contributed by atoms with Gasteiger partial charge in [0, 0.05) is 43.5 Å². The summed E-state index contributed by atoms with van der Waals surface area (Å²) in [6, 6.07) is 4.81. The van der Waals surface area contributed by atoms with E-state index in [9.17, 15) is 4.39 Å². The van der Waals surface area contributed by atoms with Gasteiger partial charge in [0.2, 0.25) is 0 Å². The van der Waals surface area contributed by atoms with Crippen LogP contribution < -0.4 is 10.5 Å². The Morgan fingerprint density at radius 1 is 1.39 bits per heavy atom. The molecule has 1 heterocycles. The van der Waals surface area contributed by atoms with Gasteiger partial charge < -0.3 is 15.2 Å². The minimum absolute atomic E-state index is 0.149. The average molecular weight is 250 g/mol. The largest absolute Gasteiger partial charge is 0.488 e.